The summed E-state index contributed by atoms with van der Waals surface area (Å²) in [6, 6.07) is 7.02. The molecule has 4 aromatic rings. The summed E-state index contributed by atoms with van der Waals surface area (Å²) in [4.78, 5) is 14.1. The number of phenolic OH excluding ortho intramolecular Hbond substituents is 1. The van der Waals surface area contributed by atoms with Gasteiger partial charge >= 0.3 is 6.18 Å². The van der Waals surface area contributed by atoms with Crippen molar-refractivity contribution in [2.45, 2.75) is 12.8 Å². The fraction of sp³-hybridized carbons (Fsp3) is 0.0952. The molecule has 4 rings (SSSR count). The maximum atomic E-state index is 13.9. The summed E-state index contributed by atoms with van der Waals surface area (Å²) in [5.41, 5.74) is -0.633. The molecule has 0 fully saturated rings. The van der Waals surface area contributed by atoms with Gasteiger partial charge in [0.2, 0.25) is 5.95 Å². The number of hydrogen-bond donors (Lipinski definition) is 2. The smallest absolute Gasteiger partial charge is 0.417 e. The number of nitrogens with zero attached hydrogens (tertiary/aromatic N) is 3. The van der Waals surface area contributed by atoms with E-state index in [1.54, 1.807) is 0 Å². The molecule has 1 aromatic carbocycles. The van der Waals surface area contributed by atoms with Crippen molar-refractivity contribution in [3.05, 3.63) is 77.0 Å². The number of hydrogen-bond acceptors (Lipinski definition) is 5. The Bertz CT molecular complexity index is 1310. The zero-order chi connectivity index (χ0) is 23.8. The van der Waals surface area contributed by atoms with Crippen molar-refractivity contribution < 1.29 is 31.8 Å². The molecule has 6 nitrogen and oxygen atoms in total. The van der Waals surface area contributed by atoms with Gasteiger partial charge in [-0.05, 0) is 30.3 Å². The van der Waals surface area contributed by atoms with Crippen LogP contribution in [0.25, 0.3) is 22.6 Å². The molecule has 170 valence electrons. The van der Waals surface area contributed by atoms with Gasteiger partial charge in [-0.15, -0.1) is 0 Å². The first-order valence-corrected chi connectivity index (χ1v) is 9.55. The molecular formula is C21H12ClF5N4O2. The van der Waals surface area contributed by atoms with E-state index in [-0.39, 0.29) is 33.6 Å². The highest BCUT2D eigenvalue weighted by molar-refractivity contribution is 6.32. The normalized spacial score (nSPS) is 11.6. The van der Waals surface area contributed by atoms with Crippen LogP contribution in [0.5, 0.6) is 11.5 Å². The Kier molecular flexibility index (Phi) is 5.90. The molecule has 0 amide bonds. The van der Waals surface area contributed by atoms with E-state index in [1.807, 2.05) is 0 Å². The highest BCUT2D eigenvalue weighted by Crippen LogP contribution is 2.37. The van der Waals surface area contributed by atoms with Gasteiger partial charge in [-0.25, -0.2) is 14.4 Å². The van der Waals surface area contributed by atoms with Gasteiger partial charge in [-0.1, -0.05) is 11.6 Å². The summed E-state index contributed by atoms with van der Waals surface area (Å²) in [6.45, 7) is -0.465. The molecule has 0 atom stereocenters. The summed E-state index contributed by atoms with van der Waals surface area (Å²) in [5, 5.41) is 10.5. The zero-order valence-electron chi connectivity index (χ0n) is 16.3. The maximum absolute atomic E-state index is 13.9. The average Bonchev–Trinajstić information content (AvgIpc) is 3.14. The lowest BCUT2D eigenvalue weighted by Crippen LogP contribution is -2.09. The number of H-pyrrole nitrogens is 1. The number of phenols is 1. The summed E-state index contributed by atoms with van der Waals surface area (Å²) in [6.07, 6.45) is -2.94. The standard InChI is InChI=1S/C21H12ClF5N4O2/c22-19-18(30-20(31-19)10-1-4-17(24)29-7-10)13-3-2-12(6-16(13)32)33-9-15-14(23)5-11(8-28-15)21(25,26)27/h1-8,32H,9H2,(H,30,31). The second kappa shape index (κ2) is 8.66. The first kappa shape index (κ1) is 22.5. The zero-order valence-corrected chi connectivity index (χ0v) is 17.0. The highest BCUT2D eigenvalue weighted by atomic mass is 35.5. The van der Waals surface area contributed by atoms with E-state index in [2.05, 4.69) is 19.9 Å². The third kappa shape index (κ3) is 4.87. The van der Waals surface area contributed by atoms with Crippen molar-refractivity contribution in [1.82, 2.24) is 19.9 Å². The molecule has 0 radical (unpaired) electrons. The van der Waals surface area contributed by atoms with Crippen molar-refractivity contribution in [1.29, 1.82) is 0 Å². The maximum Gasteiger partial charge on any atom is 0.417 e. The predicted molar refractivity (Wildman–Crippen MR) is 107 cm³/mol. The van der Waals surface area contributed by atoms with Crippen LogP contribution < -0.4 is 4.74 Å². The van der Waals surface area contributed by atoms with E-state index in [9.17, 15) is 27.1 Å². The fourth-order valence-corrected chi connectivity index (χ4v) is 3.10. The quantitative estimate of drug-likeness (QED) is 0.279. The SMILES string of the molecule is Oc1cc(OCc2ncc(C(F)(F)F)cc2F)ccc1-c1nc(-c2ccc(F)nc2)[nH]c1Cl. The van der Waals surface area contributed by atoms with Crippen LogP contribution in [-0.2, 0) is 12.8 Å². The lowest BCUT2D eigenvalue weighted by atomic mass is 10.1. The van der Waals surface area contributed by atoms with Gasteiger partial charge in [0.1, 0.15) is 46.3 Å². The van der Waals surface area contributed by atoms with Gasteiger partial charge in [0.25, 0.3) is 0 Å². The van der Waals surface area contributed by atoms with Crippen LogP contribution in [0.1, 0.15) is 11.3 Å². The largest absolute Gasteiger partial charge is 0.507 e. The summed E-state index contributed by atoms with van der Waals surface area (Å²) in [7, 11) is 0. The van der Waals surface area contributed by atoms with Gasteiger partial charge in [-0.3, -0.25) is 4.98 Å². The van der Waals surface area contributed by atoms with Crippen LogP contribution in [0.2, 0.25) is 5.15 Å². The summed E-state index contributed by atoms with van der Waals surface area (Å²) < 4.78 is 70.1. The molecule has 12 heteroatoms. The Morgan fingerprint density at radius 3 is 2.45 bits per heavy atom. The Hall–Kier alpha value is -3.73. The van der Waals surface area contributed by atoms with E-state index >= 15 is 0 Å². The highest BCUT2D eigenvalue weighted by Gasteiger charge is 2.32. The van der Waals surface area contributed by atoms with Crippen LogP contribution in [0.3, 0.4) is 0 Å². The molecule has 3 heterocycles. The lowest BCUT2D eigenvalue weighted by Gasteiger charge is -2.10. The number of ether oxygens (including phenoxy) is 1. The monoisotopic (exact) mass is 482 g/mol. The molecule has 0 aliphatic carbocycles. The molecule has 0 aliphatic heterocycles. The van der Waals surface area contributed by atoms with E-state index < -0.39 is 30.1 Å². The van der Waals surface area contributed by atoms with E-state index in [0.717, 1.165) is 6.07 Å². The number of alkyl halides is 3. The summed E-state index contributed by atoms with van der Waals surface area (Å²) >= 11 is 6.19. The Balaban J connectivity index is 1.52. The van der Waals surface area contributed by atoms with Crippen LogP contribution in [-0.4, -0.2) is 25.0 Å². The first-order valence-electron chi connectivity index (χ1n) is 9.17. The third-order valence-electron chi connectivity index (χ3n) is 4.51. The summed E-state index contributed by atoms with van der Waals surface area (Å²) in [5.74, 6) is -1.70. The molecule has 3 aromatic heterocycles. The van der Waals surface area contributed by atoms with Gasteiger partial charge in [0.15, 0.2) is 0 Å². The number of imidazole rings is 1. The molecular weight excluding hydrogens is 471 g/mol. The van der Waals surface area contributed by atoms with E-state index in [0.29, 0.717) is 23.7 Å². The lowest BCUT2D eigenvalue weighted by molar-refractivity contribution is -0.138. The Labute approximate surface area is 187 Å². The minimum atomic E-state index is -4.71. The number of aromatic hydroxyl groups is 1. The predicted octanol–water partition coefficient (Wildman–Crippen LogP) is 5.77. The van der Waals surface area contributed by atoms with Gasteiger partial charge in [-0.2, -0.15) is 17.6 Å². The molecule has 0 aliphatic rings. The molecule has 0 saturated carbocycles. The second-order valence-corrected chi connectivity index (χ2v) is 7.11. The van der Waals surface area contributed by atoms with Crippen molar-refractivity contribution in [2.24, 2.45) is 0 Å². The molecule has 33 heavy (non-hydrogen) atoms. The second-order valence-electron chi connectivity index (χ2n) is 6.74. The molecule has 0 unspecified atom stereocenters. The van der Waals surface area contributed by atoms with Gasteiger partial charge < -0.3 is 14.8 Å². The van der Waals surface area contributed by atoms with Crippen molar-refractivity contribution in [2.75, 3.05) is 0 Å². The fourth-order valence-electron chi connectivity index (χ4n) is 2.86. The number of pyridine rings is 2. The molecule has 0 spiro atoms. The number of aromatic amines is 1. The van der Waals surface area contributed by atoms with Gasteiger partial charge in [0.05, 0.1) is 5.56 Å². The number of benzene rings is 1. The average molecular weight is 483 g/mol. The Morgan fingerprint density at radius 2 is 1.82 bits per heavy atom. The number of aromatic nitrogens is 4. The van der Waals surface area contributed by atoms with E-state index in [1.165, 1.54) is 30.5 Å². The first-order chi connectivity index (χ1) is 15.6. The minimum Gasteiger partial charge on any atom is -0.507 e. The van der Waals surface area contributed by atoms with Crippen LogP contribution in [0, 0.1) is 11.8 Å². The van der Waals surface area contributed by atoms with E-state index in [4.69, 9.17) is 16.3 Å². The topological polar surface area (TPSA) is 83.9 Å². The van der Waals surface area contributed by atoms with Crippen LogP contribution in [0.4, 0.5) is 22.0 Å². The molecule has 0 saturated heterocycles. The molecule has 0 bridgehead atoms. The third-order valence-corrected chi connectivity index (χ3v) is 4.78. The van der Waals surface area contributed by atoms with Gasteiger partial charge in [0, 0.05) is 29.6 Å². The van der Waals surface area contributed by atoms with Crippen LogP contribution >= 0.6 is 11.6 Å². The minimum absolute atomic E-state index is 0.104. The van der Waals surface area contributed by atoms with Crippen LogP contribution in [0.15, 0.2) is 48.8 Å². The number of rotatable bonds is 5. The van der Waals surface area contributed by atoms with Crippen molar-refractivity contribution >= 4 is 11.6 Å². The number of nitrogens with one attached hydrogen (secondary N) is 1. The van der Waals surface area contributed by atoms with Crippen molar-refractivity contribution in [3.8, 4) is 34.1 Å². The molecule has 2 N–H and O–H groups in total. The van der Waals surface area contributed by atoms with Crippen molar-refractivity contribution in [3.63, 3.8) is 0 Å². The Morgan fingerprint density at radius 1 is 1.03 bits per heavy atom. The number of halogens is 6.